The van der Waals surface area contributed by atoms with Gasteiger partial charge < -0.3 is 9.64 Å². The second-order valence-corrected chi connectivity index (χ2v) is 5.93. The number of nitrogens with zero attached hydrogens (tertiary/aromatic N) is 2. The highest BCUT2D eigenvalue weighted by Gasteiger charge is 2.40. The summed E-state index contributed by atoms with van der Waals surface area (Å²) < 4.78 is 5.47. The largest absolute Gasteiger partial charge is 0.494 e. The van der Waals surface area contributed by atoms with Crippen LogP contribution in [0.3, 0.4) is 0 Å². The van der Waals surface area contributed by atoms with Crippen molar-refractivity contribution < 1.29 is 14.3 Å². The van der Waals surface area contributed by atoms with Gasteiger partial charge in [0.2, 0.25) is 0 Å². The molecule has 0 radical (unpaired) electrons. The first-order valence-electron chi connectivity index (χ1n) is 8.71. The van der Waals surface area contributed by atoms with E-state index in [-0.39, 0.29) is 11.8 Å². The number of carbonyl (C=O) groups excluding carboxylic acids is 2. The Kier molecular flexibility index (Phi) is 5.07. The fourth-order valence-corrected chi connectivity index (χ4v) is 3.09. The Morgan fingerprint density at radius 2 is 1.58 bits per heavy atom. The summed E-state index contributed by atoms with van der Waals surface area (Å²) in [6.45, 7) is 4.63. The molecule has 0 unspecified atom stereocenters. The molecule has 0 aliphatic carbocycles. The third-order valence-corrected chi connectivity index (χ3v) is 4.39. The third kappa shape index (κ3) is 3.08. The van der Waals surface area contributed by atoms with Gasteiger partial charge in [0, 0.05) is 19.3 Å². The van der Waals surface area contributed by atoms with Crippen molar-refractivity contribution in [2.75, 3.05) is 25.1 Å². The molecule has 1 aliphatic rings. The van der Waals surface area contributed by atoms with E-state index in [9.17, 15) is 9.59 Å². The van der Waals surface area contributed by atoms with Gasteiger partial charge in [-0.15, -0.1) is 0 Å². The molecule has 0 fully saturated rings. The van der Waals surface area contributed by atoms with Gasteiger partial charge in [-0.25, -0.2) is 0 Å². The van der Waals surface area contributed by atoms with Crippen molar-refractivity contribution in [2.45, 2.75) is 13.8 Å². The Bertz CT molecular complexity index is 841. The summed E-state index contributed by atoms with van der Waals surface area (Å²) in [5, 5.41) is 0. The van der Waals surface area contributed by atoms with Crippen LogP contribution in [0.2, 0.25) is 0 Å². The van der Waals surface area contributed by atoms with E-state index in [1.54, 1.807) is 11.8 Å². The van der Waals surface area contributed by atoms with E-state index >= 15 is 0 Å². The molecule has 2 amide bonds. The van der Waals surface area contributed by atoms with E-state index in [2.05, 4.69) is 0 Å². The average molecular weight is 350 g/mol. The highest BCUT2D eigenvalue weighted by atomic mass is 16.5. The minimum Gasteiger partial charge on any atom is -0.494 e. The van der Waals surface area contributed by atoms with Crippen LogP contribution < -0.4 is 9.64 Å². The summed E-state index contributed by atoms with van der Waals surface area (Å²) in [4.78, 5) is 28.8. The number of para-hydroxylation sites is 1. The van der Waals surface area contributed by atoms with Crippen LogP contribution in [0.25, 0.3) is 5.57 Å². The van der Waals surface area contributed by atoms with Crippen molar-refractivity contribution >= 4 is 23.1 Å². The molecule has 1 aliphatic heterocycles. The van der Waals surface area contributed by atoms with Crippen molar-refractivity contribution in [3.8, 4) is 5.75 Å². The minimum absolute atomic E-state index is 0.264. The van der Waals surface area contributed by atoms with Crippen LogP contribution in [0.1, 0.15) is 19.4 Å². The average Bonchev–Trinajstić information content (AvgIpc) is 2.92. The van der Waals surface area contributed by atoms with E-state index in [1.165, 1.54) is 4.90 Å². The monoisotopic (exact) mass is 350 g/mol. The van der Waals surface area contributed by atoms with Gasteiger partial charge >= 0.3 is 0 Å². The van der Waals surface area contributed by atoms with Crippen molar-refractivity contribution in [1.29, 1.82) is 0 Å². The molecule has 0 spiro atoms. The lowest BCUT2D eigenvalue weighted by Crippen LogP contribution is -2.33. The number of carbonyl (C=O) groups is 2. The Morgan fingerprint density at radius 3 is 2.15 bits per heavy atom. The molecule has 0 bridgehead atoms. The summed E-state index contributed by atoms with van der Waals surface area (Å²) >= 11 is 0. The minimum atomic E-state index is -0.271. The normalized spacial score (nSPS) is 14.2. The first kappa shape index (κ1) is 17.7. The Morgan fingerprint density at radius 1 is 0.923 bits per heavy atom. The van der Waals surface area contributed by atoms with Gasteiger partial charge in [0.05, 0.1) is 12.2 Å². The van der Waals surface area contributed by atoms with Crippen LogP contribution in [0.15, 0.2) is 60.3 Å². The summed E-state index contributed by atoms with van der Waals surface area (Å²) in [5.41, 5.74) is 2.38. The first-order chi connectivity index (χ1) is 12.6. The maximum atomic E-state index is 12.9. The predicted molar refractivity (Wildman–Crippen MR) is 102 cm³/mol. The second kappa shape index (κ2) is 7.44. The number of imide groups is 1. The van der Waals surface area contributed by atoms with Gasteiger partial charge in [0.1, 0.15) is 11.4 Å². The highest BCUT2D eigenvalue weighted by molar-refractivity contribution is 6.36. The van der Waals surface area contributed by atoms with Crippen LogP contribution in [-0.4, -0.2) is 36.9 Å². The number of hydrogen-bond donors (Lipinski definition) is 0. The van der Waals surface area contributed by atoms with Gasteiger partial charge in [-0.2, -0.15) is 0 Å². The van der Waals surface area contributed by atoms with Crippen molar-refractivity contribution in [1.82, 2.24) is 4.90 Å². The molecule has 3 rings (SSSR count). The Balaban J connectivity index is 2.10. The third-order valence-electron chi connectivity index (χ3n) is 4.39. The summed E-state index contributed by atoms with van der Waals surface area (Å²) in [7, 11) is 1.81. The molecular formula is C21H22N2O3. The quantitative estimate of drug-likeness (QED) is 0.750. The van der Waals surface area contributed by atoms with Crippen molar-refractivity contribution in [3.05, 3.63) is 65.9 Å². The van der Waals surface area contributed by atoms with Gasteiger partial charge in [-0.3, -0.25) is 14.5 Å². The maximum absolute atomic E-state index is 12.9. The van der Waals surface area contributed by atoms with Crippen molar-refractivity contribution in [3.63, 3.8) is 0 Å². The number of ether oxygens (including phenoxy) is 1. The van der Waals surface area contributed by atoms with Gasteiger partial charge in [0.15, 0.2) is 0 Å². The highest BCUT2D eigenvalue weighted by Crippen LogP contribution is 2.33. The van der Waals surface area contributed by atoms with Crippen LogP contribution >= 0.6 is 0 Å². The van der Waals surface area contributed by atoms with Crippen LogP contribution in [0.4, 0.5) is 5.69 Å². The maximum Gasteiger partial charge on any atom is 0.278 e. The predicted octanol–water partition coefficient (Wildman–Crippen LogP) is 3.32. The lowest BCUT2D eigenvalue weighted by atomic mass is 10.0. The number of amides is 2. The van der Waals surface area contributed by atoms with E-state index in [0.29, 0.717) is 30.0 Å². The summed E-state index contributed by atoms with van der Waals surface area (Å²) in [5.74, 6) is 0.200. The number of hydrogen-bond acceptors (Lipinski definition) is 4. The fraction of sp³-hybridized carbons (Fsp3) is 0.238. The molecule has 5 nitrogen and oxygen atoms in total. The van der Waals surface area contributed by atoms with Crippen LogP contribution in [0, 0.1) is 0 Å². The molecule has 0 atom stereocenters. The molecule has 0 aromatic heterocycles. The van der Waals surface area contributed by atoms with E-state index < -0.39 is 0 Å². The molecule has 0 N–H and O–H groups in total. The molecular weight excluding hydrogens is 328 g/mol. The Hall–Kier alpha value is -3.08. The molecule has 1 heterocycles. The van der Waals surface area contributed by atoms with Gasteiger partial charge in [-0.1, -0.05) is 30.3 Å². The zero-order chi connectivity index (χ0) is 18.7. The van der Waals surface area contributed by atoms with E-state index in [0.717, 1.165) is 11.4 Å². The second-order valence-electron chi connectivity index (χ2n) is 5.93. The fourth-order valence-electron chi connectivity index (χ4n) is 3.09. The van der Waals surface area contributed by atoms with E-state index in [4.69, 9.17) is 4.74 Å². The number of likely N-dealkylation sites (N-methyl/N-ethyl adjacent to an activating group) is 2. The topological polar surface area (TPSA) is 49.9 Å². The molecule has 0 saturated heterocycles. The SMILES string of the molecule is CCOc1ccc(C2=C(N(C)c3ccccc3)C(=O)N(CC)C2=O)cc1. The number of benzene rings is 2. The number of anilines is 1. The lowest BCUT2D eigenvalue weighted by molar-refractivity contribution is -0.136. The summed E-state index contributed by atoms with van der Waals surface area (Å²) in [6, 6.07) is 16.8. The smallest absolute Gasteiger partial charge is 0.278 e. The van der Waals surface area contributed by atoms with E-state index in [1.807, 2.05) is 68.6 Å². The van der Waals surface area contributed by atoms with Crippen LogP contribution in [-0.2, 0) is 9.59 Å². The van der Waals surface area contributed by atoms with Crippen molar-refractivity contribution in [2.24, 2.45) is 0 Å². The summed E-state index contributed by atoms with van der Waals surface area (Å²) in [6.07, 6.45) is 0. The zero-order valence-corrected chi connectivity index (χ0v) is 15.2. The molecule has 26 heavy (non-hydrogen) atoms. The van der Waals surface area contributed by atoms with Crippen LogP contribution in [0.5, 0.6) is 5.75 Å². The molecule has 2 aromatic carbocycles. The standard InChI is InChI=1S/C21H22N2O3/c1-4-23-20(24)18(15-11-13-17(14-12-15)26-5-2)19(21(23)25)22(3)16-9-7-6-8-10-16/h6-14H,4-5H2,1-3H3. The van der Waals surface area contributed by atoms with Gasteiger partial charge in [0.25, 0.3) is 11.8 Å². The lowest BCUT2D eigenvalue weighted by Gasteiger charge is -2.21. The molecule has 5 heteroatoms. The zero-order valence-electron chi connectivity index (χ0n) is 15.2. The van der Waals surface area contributed by atoms with Gasteiger partial charge in [-0.05, 0) is 43.7 Å². The molecule has 0 saturated carbocycles. The Labute approximate surface area is 153 Å². The number of rotatable bonds is 6. The molecule has 134 valence electrons. The first-order valence-corrected chi connectivity index (χ1v) is 8.71. The molecule has 2 aromatic rings.